The van der Waals surface area contributed by atoms with E-state index in [4.69, 9.17) is 5.11 Å². The van der Waals surface area contributed by atoms with E-state index < -0.39 is 0 Å². The van der Waals surface area contributed by atoms with Crippen LogP contribution in [0.2, 0.25) is 0 Å². The summed E-state index contributed by atoms with van der Waals surface area (Å²) in [6, 6.07) is 8.85. The van der Waals surface area contributed by atoms with E-state index in [1.807, 2.05) is 0 Å². The SMILES string of the molecule is CC(C)(C)C1CCC(c2cccc(CCO)c2)CC1. The predicted octanol–water partition coefficient (Wildman–Crippen LogP) is 4.54. The van der Waals surface area contributed by atoms with E-state index in [1.165, 1.54) is 36.8 Å². The zero-order valence-electron chi connectivity index (χ0n) is 12.7. The van der Waals surface area contributed by atoms with E-state index in [2.05, 4.69) is 45.0 Å². The summed E-state index contributed by atoms with van der Waals surface area (Å²) in [4.78, 5) is 0. The van der Waals surface area contributed by atoms with Crippen molar-refractivity contribution in [3.05, 3.63) is 35.4 Å². The Morgan fingerprint density at radius 1 is 1.11 bits per heavy atom. The van der Waals surface area contributed by atoms with Crippen LogP contribution in [0.15, 0.2) is 24.3 Å². The highest BCUT2D eigenvalue weighted by Crippen LogP contribution is 2.43. The third-order valence-corrected chi connectivity index (χ3v) is 4.77. The maximum absolute atomic E-state index is 9.05. The molecule has 1 aromatic carbocycles. The summed E-state index contributed by atoms with van der Waals surface area (Å²) >= 11 is 0. The minimum Gasteiger partial charge on any atom is -0.396 e. The fraction of sp³-hybridized carbons (Fsp3) is 0.667. The maximum Gasteiger partial charge on any atom is 0.0471 e. The average Bonchev–Trinajstić information content (AvgIpc) is 2.39. The summed E-state index contributed by atoms with van der Waals surface area (Å²) in [6.07, 6.45) is 6.15. The van der Waals surface area contributed by atoms with Crippen LogP contribution in [0, 0.1) is 11.3 Å². The van der Waals surface area contributed by atoms with Gasteiger partial charge in [-0.2, -0.15) is 0 Å². The van der Waals surface area contributed by atoms with Crippen molar-refractivity contribution in [1.29, 1.82) is 0 Å². The number of rotatable bonds is 3. The van der Waals surface area contributed by atoms with E-state index in [9.17, 15) is 0 Å². The fourth-order valence-corrected chi connectivity index (χ4v) is 3.42. The normalized spacial score (nSPS) is 24.4. The third-order valence-electron chi connectivity index (χ3n) is 4.77. The first-order valence-corrected chi connectivity index (χ1v) is 7.70. The Morgan fingerprint density at radius 3 is 2.37 bits per heavy atom. The molecule has 0 amide bonds. The van der Waals surface area contributed by atoms with Crippen LogP contribution in [0.25, 0.3) is 0 Å². The smallest absolute Gasteiger partial charge is 0.0471 e. The second-order valence-electron chi connectivity index (χ2n) is 7.13. The molecule has 0 unspecified atom stereocenters. The summed E-state index contributed by atoms with van der Waals surface area (Å²) in [6.45, 7) is 7.37. The van der Waals surface area contributed by atoms with Gasteiger partial charge in [0.2, 0.25) is 0 Å². The number of aliphatic hydroxyl groups excluding tert-OH is 1. The minimum atomic E-state index is 0.250. The summed E-state index contributed by atoms with van der Waals surface area (Å²) in [7, 11) is 0. The highest BCUT2D eigenvalue weighted by atomic mass is 16.2. The molecule has 0 saturated heterocycles. The number of aliphatic hydroxyl groups is 1. The third kappa shape index (κ3) is 3.82. The Morgan fingerprint density at radius 2 is 1.79 bits per heavy atom. The zero-order chi connectivity index (χ0) is 13.9. The molecule has 0 bridgehead atoms. The summed E-state index contributed by atoms with van der Waals surface area (Å²) in [5.74, 6) is 1.61. The molecule has 1 aliphatic carbocycles. The van der Waals surface area contributed by atoms with E-state index in [0.717, 1.165) is 18.3 Å². The second-order valence-corrected chi connectivity index (χ2v) is 7.13. The van der Waals surface area contributed by atoms with Crippen LogP contribution in [0.1, 0.15) is 63.5 Å². The van der Waals surface area contributed by atoms with Gasteiger partial charge in [-0.1, -0.05) is 45.0 Å². The van der Waals surface area contributed by atoms with Gasteiger partial charge in [-0.05, 0) is 60.5 Å². The van der Waals surface area contributed by atoms with Gasteiger partial charge in [-0.3, -0.25) is 0 Å². The van der Waals surface area contributed by atoms with Gasteiger partial charge in [-0.15, -0.1) is 0 Å². The topological polar surface area (TPSA) is 20.2 Å². The van der Waals surface area contributed by atoms with Gasteiger partial charge in [-0.25, -0.2) is 0 Å². The molecule has 0 atom stereocenters. The predicted molar refractivity (Wildman–Crippen MR) is 81.4 cm³/mol. The Balaban J connectivity index is 1.99. The molecule has 1 N–H and O–H groups in total. The molecular formula is C18H28O. The molecule has 1 aromatic rings. The van der Waals surface area contributed by atoms with E-state index in [-0.39, 0.29) is 6.61 Å². The van der Waals surface area contributed by atoms with Crippen LogP contribution in [-0.2, 0) is 6.42 Å². The average molecular weight is 260 g/mol. The maximum atomic E-state index is 9.05. The van der Waals surface area contributed by atoms with E-state index >= 15 is 0 Å². The molecule has 0 spiro atoms. The Bertz CT molecular complexity index is 394. The summed E-state index contributed by atoms with van der Waals surface area (Å²) in [5, 5.41) is 9.05. The molecule has 1 heteroatoms. The van der Waals surface area contributed by atoms with Crippen molar-refractivity contribution in [2.24, 2.45) is 11.3 Å². The Kier molecular flexibility index (Phi) is 4.67. The van der Waals surface area contributed by atoms with Gasteiger partial charge in [0, 0.05) is 6.61 Å². The molecule has 1 saturated carbocycles. The Hall–Kier alpha value is -0.820. The first kappa shape index (κ1) is 14.6. The molecule has 19 heavy (non-hydrogen) atoms. The number of hydrogen-bond donors (Lipinski definition) is 1. The highest BCUT2D eigenvalue weighted by Gasteiger charge is 2.30. The lowest BCUT2D eigenvalue weighted by Gasteiger charge is -2.37. The van der Waals surface area contributed by atoms with Crippen LogP contribution < -0.4 is 0 Å². The quantitative estimate of drug-likeness (QED) is 0.846. The van der Waals surface area contributed by atoms with E-state index in [0.29, 0.717) is 5.41 Å². The van der Waals surface area contributed by atoms with Gasteiger partial charge < -0.3 is 5.11 Å². The monoisotopic (exact) mass is 260 g/mol. The highest BCUT2D eigenvalue weighted by molar-refractivity contribution is 5.27. The van der Waals surface area contributed by atoms with Crippen molar-refractivity contribution in [2.75, 3.05) is 6.61 Å². The van der Waals surface area contributed by atoms with Crippen molar-refractivity contribution >= 4 is 0 Å². The van der Waals surface area contributed by atoms with Crippen molar-refractivity contribution in [1.82, 2.24) is 0 Å². The van der Waals surface area contributed by atoms with Gasteiger partial charge in [0.15, 0.2) is 0 Å². The van der Waals surface area contributed by atoms with Gasteiger partial charge in [0.25, 0.3) is 0 Å². The second kappa shape index (κ2) is 6.09. The van der Waals surface area contributed by atoms with Crippen LogP contribution in [0.4, 0.5) is 0 Å². The molecular weight excluding hydrogens is 232 g/mol. The molecule has 0 aromatic heterocycles. The van der Waals surface area contributed by atoms with Crippen LogP contribution >= 0.6 is 0 Å². The summed E-state index contributed by atoms with van der Waals surface area (Å²) < 4.78 is 0. The molecule has 0 aliphatic heterocycles. The van der Waals surface area contributed by atoms with Crippen LogP contribution in [0.3, 0.4) is 0 Å². The van der Waals surface area contributed by atoms with Gasteiger partial charge in [0.1, 0.15) is 0 Å². The van der Waals surface area contributed by atoms with Crippen molar-refractivity contribution in [3.63, 3.8) is 0 Å². The number of hydrogen-bond acceptors (Lipinski definition) is 1. The fourth-order valence-electron chi connectivity index (χ4n) is 3.42. The molecule has 1 nitrogen and oxygen atoms in total. The van der Waals surface area contributed by atoms with Gasteiger partial charge >= 0.3 is 0 Å². The number of benzene rings is 1. The first-order valence-electron chi connectivity index (χ1n) is 7.70. The molecule has 0 radical (unpaired) electrons. The zero-order valence-corrected chi connectivity index (χ0v) is 12.7. The van der Waals surface area contributed by atoms with Crippen molar-refractivity contribution in [3.8, 4) is 0 Å². The Labute approximate surface area is 118 Å². The molecule has 1 fully saturated rings. The molecule has 1 aliphatic rings. The van der Waals surface area contributed by atoms with Crippen molar-refractivity contribution in [2.45, 2.75) is 58.8 Å². The summed E-state index contributed by atoms with van der Waals surface area (Å²) in [5.41, 5.74) is 3.22. The minimum absolute atomic E-state index is 0.250. The largest absolute Gasteiger partial charge is 0.396 e. The van der Waals surface area contributed by atoms with Crippen molar-refractivity contribution < 1.29 is 5.11 Å². The molecule has 2 rings (SSSR count). The lowest BCUT2D eigenvalue weighted by molar-refractivity contribution is 0.169. The molecule has 0 heterocycles. The lowest BCUT2D eigenvalue weighted by Crippen LogP contribution is -2.25. The molecule has 106 valence electrons. The lowest BCUT2D eigenvalue weighted by atomic mass is 9.68. The van der Waals surface area contributed by atoms with Crippen LogP contribution in [0.5, 0.6) is 0 Å². The first-order chi connectivity index (χ1) is 9.00. The van der Waals surface area contributed by atoms with Crippen LogP contribution in [-0.4, -0.2) is 11.7 Å². The van der Waals surface area contributed by atoms with E-state index in [1.54, 1.807) is 0 Å². The standard InChI is InChI=1S/C18H28O/c1-18(2,3)17-9-7-15(8-10-17)16-6-4-5-14(13-16)11-12-19/h4-6,13,15,17,19H,7-12H2,1-3H3. The van der Waals surface area contributed by atoms with Gasteiger partial charge in [0.05, 0.1) is 0 Å².